The first-order valence-corrected chi connectivity index (χ1v) is 10.3. The smallest absolute Gasteiger partial charge is 0.255 e. The standard InChI is InChI=1S/C26H23N3O2S/c1-4-25(30)27(3)20-11-15-23(16-12-20)29(22-9-7-6-8-10-22)24-17-13-21(14-18-24)28(19-32)26(31)5-2/h4-19H,1-2H2,3H3. The number of benzene rings is 3. The van der Waals surface area contributed by atoms with Crippen LogP contribution in [-0.2, 0) is 9.59 Å². The van der Waals surface area contributed by atoms with Crippen molar-refractivity contribution in [3.05, 3.63) is 104 Å². The van der Waals surface area contributed by atoms with Crippen LogP contribution in [0, 0.1) is 0 Å². The fourth-order valence-corrected chi connectivity index (χ4v) is 3.44. The molecule has 0 saturated heterocycles. The van der Waals surface area contributed by atoms with E-state index < -0.39 is 0 Å². The molecule has 0 spiro atoms. The Kier molecular flexibility index (Phi) is 7.31. The lowest BCUT2D eigenvalue weighted by atomic mass is 10.1. The molecule has 0 aliphatic carbocycles. The molecule has 3 aromatic carbocycles. The Bertz CT molecular complexity index is 1130. The van der Waals surface area contributed by atoms with E-state index in [0.29, 0.717) is 5.69 Å². The van der Waals surface area contributed by atoms with Crippen LogP contribution >= 0.6 is 12.2 Å². The van der Waals surface area contributed by atoms with Gasteiger partial charge < -0.3 is 9.80 Å². The van der Waals surface area contributed by atoms with Gasteiger partial charge in [0.1, 0.15) is 0 Å². The van der Waals surface area contributed by atoms with Crippen LogP contribution in [0.15, 0.2) is 104 Å². The number of carbonyl (C=O) groups excluding carboxylic acids is 2. The van der Waals surface area contributed by atoms with Crippen LogP contribution in [0.4, 0.5) is 28.4 Å². The summed E-state index contributed by atoms with van der Waals surface area (Å²) in [6.45, 7) is 7.06. The molecule has 0 unspecified atom stereocenters. The Morgan fingerprint density at radius 1 is 0.688 bits per heavy atom. The maximum absolute atomic E-state index is 12.0. The van der Waals surface area contributed by atoms with Crippen molar-refractivity contribution in [2.24, 2.45) is 0 Å². The second-order valence-corrected chi connectivity index (χ2v) is 7.03. The average molecular weight is 442 g/mol. The number of rotatable bonds is 8. The third-order valence-electron chi connectivity index (χ3n) is 4.92. The van der Waals surface area contributed by atoms with Crippen LogP contribution in [0.25, 0.3) is 0 Å². The maximum Gasteiger partial charge on any atom is 0.255 e. The minimum Gasteiger partial charge on any atom is -0.312 e. The van der Waals surface area contributed by atoms with Gasteiger partial charge >= 0.3 is 0 Å². The lowest BCUT2D eigenvalue weighted by Crippen LogP contribution is -2.26. The first-order valence-electron chi connectivity index (χ1n) is 9.86. The van der Waals surface area contributed by atoms with Crippen molar-refractivity contribution in [2.45, 2.75) is 0 Å². The number of para-hydroxylation sites is 1. The monoisotopic (exact) mass is 441 g/mol. The van der Waals surface area contributed by atoms with Crippen molar-refractivity contribution in [2.75, 3.05) is 21.7 Å². The van der Waals surface area contributed by atoms with E-state index in [0.717, 1.165) is 22.7 Å². The van der Waals surface area contributed by atoms with Crippen LogP contribution in [0.1, 0.15) is 0 Å². The summed E-state index contributed by atoms with van der Waals surface area (Å²) in [6, 6.07) is 25.1. The van der Waals surface area contributed by atoms with Crippen molar-refractivity contribution < 1.29 is 9.59 Å². The summed E-state index contributed by atoms with van der Waals surface area (Å²) in [7, 11) is 1.71. The normalized spacial score (nSPS) is 10.0. The number of nitrogens with zero attached hydrogens (tertiary/aromatic N) is 3. The molecular formula is C26H23N3O2S. The van der Waals surface area contributed by atoms with E-state index in [1.54, 1.807) is 7.05 Å². The summed E-state index contributed by atoms with van der Waals surface area (Å²) in [5, 5.41) is 0. The van der Waals surface area contributed by atoms with Crippen molar-refractivity contribution in [3.8, 4) is 0 Å². The quantitative estimate of drug-likeness (QED) is 0.328. The van der Waals surface area contributed by atoms with Crippen molar-refractivity contribution in [3.63, 3.8) is 0 Å². The molecule has 0 N–H and O–H groups in total. The molecule has 3 rings (SSSR count). The van der Waals surface area contributed by atoms with Gasteiger partial charge in [-0.1, -0.05) is 43.6 Å². The van der Waals surface area contributed by atoms with Gasteiger partial charge in [-0.2, -0.15) is 0 Å². The molecule has 0 aliphatic heterocycles. The summed E-state index contributed by atoms with van der Waals surface area (Å²) < 4.78 is 0. The molecule has 0 bridgehead atoms. The molecule has 160 valence electrons. The molecule has 0 aliphatic rings. The summed E-state index contributed by atoms with van der Waals surface area (Å²) in [4.78, 5) is 28.9. The van der Waals surface area contributed by atoms with Crippen molar-refractivity contribution in [1.29, 1.82) is 0 Å². The zero-order valence-electron chi connectivity index (χ0n) is 17.7. The summed E-state index contributed by atoms with van der Waals surface area (Å²) in [5.74, 6) is -0.466. The average Bonchev–Trinajstić information content (AvgIpc) is 2.85. The van der Waals surface area contributed by atoms with Gasteiger partial charge in [0.25, 0.3) is 5.91 Å². The number of amides is 2. The number of likely N-dealkylation sites (N-methyl/N-ethyl adjacent to an activating group) is 1. The lowest BCUT2D eigenvalue weighted by Gasteiger charge is -2.27. The van der Waals surface area contributed by atoms with E-state index >= 15 is 0 Å². The Balaban J connectivity index is 2.00. The van der Waals surface area contributed by atoms with Crippen LogP contribution in [0.2, 0.25) is 0 Å². The van der Waals surface area contributed by atoms with Crippen LogP contribution < -0.4 is 14.7 Å². The topological polar surface area (TPSA) is 43.9 Å². The summed E-state index contributed by atoms with van der Waals surface area (Å²) in [6.07, 6.45) is 2.51. The Morgan fingerprint density at radius 3 is 1.59 bits per heavy atom. The second kappa shape index (κ2) is 10.3. The number of hydrogen-bond donors (Lipinski definition) is 0. The second-order valence-electron chi connectivity index (χ2n) is 6.82. The van der Waals surface area contributed by atoms with E-state index in [-0.39, 0.29) is 11.8 Å². The molecule has 5 nitrogen and oxygen atoms in total. The van der Waals surface area contributed by atoms with Gasteiger partial charge in [-0.3, -0.25) is 14.5 Å². The first kappa shape index (κ1) is 22.7. The van der Waals surface area contributed by atoms with Gasteiger partial charge in [-0.05, 0) is 72.8 Å². The largest absolute Gasteiger partial charge is 0.312 e. The molecule has 2 amide bonds. The van der Waals surface area contributed by atoms with Gasteiger partial charge in [0.2, 0.25) is 5.91 Å². The number of thiocarbonyl (C=S) groups is 1. The molecule has 0 fully saturated rings. The van der Waals surface area contributed by atoms with E-state index in [4.69, 9.17) is 12.2 Å². The lowest BCUT2D eigenvalue weighted by molar-refractivity contribution is -0.114. The SMILES string of the molecule is C=CC(=O)N(C)c1ccc(N(c2ccccc2)c2ccc(N(C=S)C(=O)C=C)cc2)cc1. The van der Waals surface area contributed by atoms with Crippen molar-refractivity contribution >= 4 is 58.0 Å². The zero-order valence-corrected chi connectivity index (χ0v) is 18.5. The molecule has 6 heteroatoms. The number of anilines is 5. The first-order chi connectivity index (χ1) is 15.5. The Hall–Kier alpha value is -4.03. The highest BCUT2D eigenvalue weighted by Crippen LogP contribution is 2.36. The van der Waals surface area contributed by atoms with Gasteiger partial charge in [0, 0.05) is 35.5 Å². The number of carbonyl (C=O) groups is 2. The third-order valence-corrected chi connectivity index (χ3v) is 5.13. The van der Waals surface area contributed by atoms with Crippen LogP contribution in [0.3, 0.4) is 0 Å². The highest BCUT2D eigenvalue weighted by molar-refractivity contribution is 7.79. The highest BCUT2D eigenvalue weighted by Gasteiger charge is 2.15. The minimum absolute atomic E-state index is 0.176. The molecule has 3 aromatic rings. The van der Waals surface area contributed by atoms with E-state index in [1.807, 2.05) is 78.9 Å². The van der Waals surface area contributed by atoms with Gasteiger partial charge in [0.15, 0.2) is 0 Å². The fourth-order valence-electron chi connectivity index (χ4n) is 3.21. The van der Waals surface area contributed by atoms with E-state index in [9.17, 15) is 9.59 Å². The number of hydrogen-bond acceptors (Lipinski definition) is 4. The van der Waals surface area contributed by atoms with E-state index in [2.05, 4.69) is 18.1 Å². The van der Waals surface area contributed by atoms with Gasteiger partial charge in [0.05, 0.1) is 5.49 Å². The predicted octanol–water partition coefficient (Wildman–Crippen LogP) is 5.78. The van der Waals surface area contributed by atoms with E-state index in [1.165, 1.54) is 27.4 Å². The fraction of sp³-hybridized carbons (Fsp3) is 0.0385. The van der Waals surface area contributed by atoms with Crippen LogP contribution in [-0.4, -0.2) is 24.4 Å². The summed E-state index contributed by atoms with van der Waals surface area (Å²) >= 11 is 4.98. The molecule has 0 atom stereocenters. The summed E-state index contributed by atoms with van der Waals surface area (Å²) in [5.41, 5.74) is 5.51. The Labute approximate surface area is 193 Å². The van der Waals surface area contributed by atoms with Crippen LogP contribution in [0.5, 0.6) is 0 Å². The molecule has 0 radical (unpaired) electrons. The van der Waals surface area contributed by atoms with Crippen molar-refractivity contribution in [1.82, 2.24) is 0 Å². The predicted molar refractivity (Wildman–Crippen MR) is 136 cm³/mol. The Morgan fingerprint density at radius 2 is 1.12 bits per heavy atom. The molecular weight excluding hydrogens is 418 g/mol. The molecule has 0 heterocycles. The maximum atomic E-state index is 12.0. The molecule has 0 aromatic heterocycles. The zero-order chi connectivity index (χ0) is 23.1. The molecule has 0 saturated carbocycles. The van der Waals surface area contributed by atoms with Gasteiger partial charge in [-0.25, -0.2) is 0 Å². The third kappa shape index (κ3) is 4.82. The molecule has 32 heavy (non-hydrogen) atoms. The van der Waals surface area contributed by atoms with Gasteiger partial charge in [-0.15, -0.1) is 0 Å². The highest BCUT2D eigenvalue weighted by atomic mass is 32.1. The minimum atomic E-state index is -0.290.